The molecule has 14 heteroatoms. The number of aromatic nitrogens is 1. The van der Waals surface area contributed by atoms with Gasteiger partial charge in [0.2, 0.25) is 0 Å². The van der Waals surface area contributed by atoms with E-state index in [-0.39, 0.29) is 46.1 Å². The van der Waals surface area contributed by atoms with Crippen molar-refractivity contribution in [3.8, 4) is 17.2 Å². The summed E-state index contributed by atoms with van der Waals surface area (Å²) >= 11 is 12.5. The van der Waals surface area contributed by atoms with Crippen molar-refractivity contribution in [1.82, 2.24) is 15.2 Å². The van der Waals surface area contributed by atoms with Crippen molar-refractivity contribution in [3.05, 3.63) is 127 Å². The number of hydrogen-bond donors (Lipinski definition) is 4. The van der Waals surface area contributed by atoms with E-state index in [4.69, 9.17) is 38.4 Å². The average Bonchev–Trinajstić information content (AvgIpc) is 3.07. The van der Waals surface area contributed by atoms with Crippen LogP contribution in [-0.4, -0.2) is 34.6 Å². The number of urea groups is 1. The number of hydrogen-bond acceptors (Lipinski definition) is 8. The zero-order valence-electron chi connectivity index (χ0n) is 28.9. The van der Waals surface area contributed by atoms with Crippen molar-refractivity contribution in [2.24, 2.45) is 16.1 Å². The highest BCUT2D eigenvalue weighted by Gasteiger charge is 2.19. The van der Waals surface area contributed by atoms with Crippen LogP contribution in [0, 0.1) is 25.1 Å². The number of halogens is 3. The first-order chi connectivity index (χ1) is 24.0. The molecule has 3 aromatic carbocycles. The number of aromatic hydroxyl groups is 1. The van der Waals surface area contributed by atoms with Crippen LogP contribution in [0.15, 0.2) is 82.2 Å². The number of amides is 2. The number of esters is 1. The smallest absolute Gasteiger partial charge is 0.337 e. The number of aryl methyl sites for hydroxylation is 2. The fourth-order valence-electron chi connectivity index (χ4n) is 4.74. The molecular weight excluding hydrogens is 700 g/mol. The number of aliphatic imine (C=N–C) groups is 1. The number of allylic oxidation sites excluding steroid dienone is 1. The first-order valence-electron chi connectivity index (χ1n) is 15.6. The van der Waals surface area contributed by atoms with Gasteiger partial charge in [0.1, 0.15) is 34.8 Å². The molecular formula is C37H38Cl2FN5O6. The van der Waals surface area contributed by atoms with Gasteiger partial charge in [0, 0.05) is 35.5 Å². The van der Waals surface area contributed by atoms with Crippen LogP contribution in [0.1, 0.15) is 53.5 Å². The summed E-state index contributed by atoms with van der Waals surface area (Å²) in [5, 5.41) is 15.0. The predicted octanol–water partition coefficient (Wildman–Crippen LogP) is 7.39. The summed E-state index contributed by atoms with van der Waals surface area (Å²) in [4.78, 5) is 43.1. The second kappa shape index (κ2) is 16.1. The minimum Gasteiger partial charge on any atom is -0.506 e. The number of phenolic OH excluding ortho intramolecular Hbond substituents is 1. The number of carbonyl (C=O) groups excluding carboxylic acids is 2. The van der Waals surface area contributed by atoms with Crippen molar-refractivity contribution in [2.75, 3.05) is 7.11 Å². The van der Waals surface area contributed by atoms with E-state index >= 15 is 0 Å². The summed E-state index contributed by atoms with van der Waals surface area (Å²) < 4.78 is 26.5. The number of methoxy groups -OCH3 is 1. The van der Waals surface area contributed by atoms with Crippen LogP contribution in [0.3, 0.4) is 0 Å². The molecule has 0 aliphatic heterocycles. The fourth-order valence-corrected chi connectivity index (χ4v) is 5.11. The van der Waals surface area contributed by atoms with E-state index in [0.29, 0.717) is 33.9 Å². The predicted molar refractivity (Wildman–Crippen MR) is 196 cm³/mol. The Balaban J connectivity index is 1.54. The molecule has 0 spiro atoms. The number of benzene rings is 3. The van der Waals surface area contributed by atoms with Gasteiger partial charge in [-0.2, -0.15) is 0 Å². The van der Waals surface area contributed by atoms with Crippen LogP contribution in [-0.2, 0) is 17.9 Å². The SMILES string of the molecule is COC(=O)c1ccc(C)c(-n2c(C)cc(OCc3ccc(F)cc3CNC(=O)NC(C=C(N)C(C)(C)C)=Nc3ccc(O)c(Cl)c3)c(Cl)c2=O)c1. The first kappa shape index (κ1) is 38.5. The summed E-state index contributed by atoms with van der Waals surface area (Å²) in [5.74, 6) is -1.02. The number of carbonyl (C=O) groups is 2. The summed E-state index contributed by atoms with van der Waals surface area (Å²) in [7, 11) is 1.27. The van der Waals surface area contributed by atoms with Crippen molar-refractivity contribution >= 4 is 46.7 Å². The van der Waals surface area contributed by atoms with E-state index in [1.54, 1.807) is 38.1 Å². The molecule has 1 heterocycles. The lowest BCUT2D eigenvalue weighted by atomic mass is 9.92. The van der Waals surface area contributed by atoms with Gasteiger partial charge >= 0.3 is 12.0 Å². The zero-order chi connectivity index (χ0) is 37.6. The third-order valence-electron chi connectivity index (χ3n) is 7.74. The molecule has 268 valence electrons. The van der Waals surface area contributed by atoms with E-state index in [2.05, 4.69) is 15.6 Å². The van der Waals surface area contributed by atoms with Crippen LogP contribution in [0.5, 0.6) is 11.5 Å². The largest absolute Gasteiger partial charge is 0.506 e. The Kier molecular flexibility index (Phi) is 12.2. The molecule has 0 saturated carbocycles. The topological polar surface area (TPSA) is 157 Å². The number of amidine groups is 1. The Hall–Kier alpha value is -5.33. The second-order valence-electron chi connectivity index (χ2n) is 12.6. The van der Waals surface area contributed by atoms with Crippen LogP contribution in [0.2, 0.25) is 10.0 Å². The maximum atomic E-state index is 14.4. The van der Waals surface area contributed by atoms with Gasteiger partial charge in [-0.25, -0.2) is 19.0 Å². The fraction of sp³-hybridized carbons (Fsp3) is 0.243. The highest BCUT2D eigenvalue weighted by molar-refractivity contribution is 6.32. The first-order valence-corrected chi connectivity index (χ1v) is 16.4. The molecule has 5 N–H and O–H groups in total. The van der Waals surface area contributed by atoms with Gasteiger partial charge in [0.05, 0.1) is 29.1 Å². The molecule has 0 aliphatic rings. The number of ether oxygens (including phenoxy) is 2. The maximum absolute atomic E-state index is 14.4. The lowest BCUT2D eigenvalue weighted by molar-refractivity contribution is 0.0600. The van der Waals surface area contributed by atoms with E-state index in [1.165, 1.54) is 54.2 Å². The molecule has 0 fully saturated rings. The Morgan fingerprint density at radius 3 is 2.43 bits per heavy atom. The molecule has 0 aliphatic carbocycles. The van der Waals surface area contributed by atoms with Gasteiger partial charge in [-0.05, 0) is 73.0 Å². The Morgan fingerprint density at radius 2 is 1.76 bits per heavy atom. The van der Waals surface area contributed by atoms with Crippen molar-refractivity contribution in [3.63, 3.8) is 0 Å². The van der Waals surface area contributed by atoms with E-state index in [1.807, 2.05) is 20.8 Å². The Labute approximate surface area is 304 Å². The number of nitrogens with two attached hydrogens (primary N) is 1. The number of pyridine rings is 1. The molecule has 4 aromatic rings. The quantitative estimate of drug-likeness (QED) is 0.0793. The third-order valence-corrected chi connectivity index (χ3v) is 8.39. The van der Waals surface area contributed by atoms with Crippen molar-refractivity contribution in [1.29, 1.82) is 0 Å². The minimum atomic E-state index is -0.665. The Bertz CT molecular complexity index is 2110. The molecule has 4 rings (SSSR count). The van der Waals surface area contributed by atoms with Crippen LogP contribution in [0.25, 0.3) is 5.69 Å². The molecule has 0 unspecified atom stereocenters. The zero-order valence-corrected chi connectivity index (χ0v) is 30.4. The second-order valence-corrected chi connectivity index (χ2v) is 13.4. The van der Waals surface area contributed by atoms with Crippen LogP contribution >= 0.6 is 23.2 Å². The molecule has 51 heavy (non-hydrogen) atoms. The van der Waals surface area contributed by atoms with Gasteiger partial charge in [0.25, 0.3) is 5.56 Å². The monoisotopic (exact) mass is 737 g/mol. The van der Waals surface area contributed by atoms with E-state index in [0.717, 1.165) is 5.56 Å². The highest BCUT2D eigenvalue weighted by Crippen LogP contribution is 2.29. The third kappa shape index (κ3) is 9.68. The number of rotatable bonds is 9. The molecule has 11 nitrogen and oxygen atoms in total. The summed E-state index contributed by atoms with van der Waals surface area (Å²) in [5.41, 5.74) is 8.87. The lowest BCUT2D eigenvalue weighted by Crippen LogP contribution is -2.39. The summed E-state index contributed by atoms with van der Waals surface area (Å²) in [6, 6.07) is 14.1. The standard InChI is InChI=1S/C37H38Cl2FN5O6/c1-20-7-8-22(35(48)50-6)15-28(20)45-21(2)13-30(33(39)34(45)47)51-19-23-9-10-25(40)14-24(23)18-42-36(49)44-32(17-31(41)37(3,4)5)43-26-11-12-29(46)27(38)16-26/h7-17,46H,18-19,41H2,1-6H3,(H2,42,43,44,49). The molecule has 2 amide bonds. The molecule has 1 aromatic heterocycles. The molecule has 0 atom stereocenters. The molecule has 0 bridgehead atoms. The minimum absolute atomic E-state index is 0.0758. The van der Waals surface area contributed by atoms with Crippen LogP contribution < -0.4 is 26.7 Å². The maximum Gasteiger partial charge on any atom is 0.337 e. The summed E-state index contributed by atoms with van der Waals surface area (Å²) in [6.07, 6.45) is 1.51. The van der Waals surface area contributed by atoms with E-state index < -0.39 is 28.8 Å². The van der Waals surface area contributed by atoms with E-state index in [9.17, 15) is 23.9 Å². The Morgan fingerprint density at radius 1 is 1.04 bits per heavy atom. The lowest BCUT2D eigenvalue weighted by Gasteiger charge is -2.19. The molecule has 0 radical (unpaired) electrons. The average molecular weight is 739 g/mol. The van der Waals surface area contributed by atoms with Crippen molar-refractivity contribution in [2.45, 2.75) is 47.8 Å². The van der Waals surface area contributed by atoms with Gasteiger partial charge in [-0.15, -0.1) is 0 Å². The van der Waals surface area contributed by atoms with Crippen molar-refractivity contribution < 1.29 is 28.6 Å². The highest BCUT2D eigenvalue weighted by atomic mass is 35.5. The normalized spacial score (nSPS) is 12.0. The van der Waals surface area contributed by atoms with Gasteiger partial charge in [-0.1, -0.05) is 56.1 Å². The number of phenols is 1. The number of nitrogens with one attached hydrogen (secondary N) is 2. The van der Waals surface area contributed by atoms with Gasteiger partial charge in [0.15, 0.2) is 0 Å². The summed E-state index contributed by atoms with van der Waals surface area (Å²) in [6.45, 7) is 8.95. The van der Waals surface area contributed by atoms with Crippen LogP contribution in [0.4, 0.5) is 14.9 Å². The van der Waals surface area contributed by atoms with Gasteiger partial charge < -0.3 is 25.6 Å². The van der Waals surface area contributed by atoms with Gasteiger partial charge in [-0.3, -0.25) is 14.7 Å². The number of nitrogens with zero attached hydrogens (tertiary/aromatic N) is 2. The molecule has 0 saturated heterocycles.